The van der Waals surface area contributed by atoms with Gasteiger partial charge in [0.2, 0.25) is 0 Å². The molecular weight excluding hydrogens is 337 g/mol. The minimum absolute atomic E-state index is 0.105. The molecule has 132 valence electrons. The molecule has 0 fully saturated rings. The first-order chi connectivity index (χ1) is 12.5. The summed E-state index contributed by atoms with van der Waals surface area (Å²) in [5, 5.41) is 3.97. The largest absolute Gasteiger partial charge is 0.494 e. The Labute approximate surface area is 147 Å². The zero-order chi connectivity index (χ0) is 18.3. The zero-order valence-electron chi connectivity index (χ0n) is 14.1. The number of nitrogens with zero attached hydrogens (tertiary/aromatic N) is 2. The fraction of sp³-hybridized carbons (Fsp3) is 0.167. The second-order valence-corrected chi connectivity index (χ2v) is 5.98. The van der Waals surface area contributed by atoms with E-state index < -0.39 is 5.82 Å². The maximum atomic E-state index is 13.9. The molecule has 3 N–H and O–H groups in total. The lowest BCUT2D eigenvalue weighted by molar-refractivity contribution is 0.387. The topological polar surface area (TPSA) is 95.7 Å². The molecule has 7 nitrogen and oxygen atoms in total. The smallest absolute Gasteiger partial charge is 0.323 e. The van der Waals surface area contributed by atoms with Crippen molar-refractivity contribution >= 4 is 27.8 Å². The highest BCUT2D eigenvalue weighted by molar-refractivity contribution is 5.90. The third-order valence-corrected chi connectivity index (χ3v) is 4.30. The van der Waals surface area contributed by atoms with Crippen LogP contribution in [0.1, 0.15) is 18.5 Å². The number of anilines is 1. The van der Waals surface area contributed by atoms with Crippen molar-refractivity contribution in [1.82, 2.24) is 19.9 Å². The number of aromatic nitrogens is 4. The third kappa shape index (κ3) is 2.75. The number of halogens is 1. The molecule has 0 aliphatic rings. The van der Waals surface area contributed by atoms with E-state index in [1.54, 1.807) is 6.07 Å². The maximum Gasteiger partial charge on any atom is 0.323 e. The van der Waals surface area contributed by atoms with Gasteiger partial charge in [0.25, 0.3) is 0 Å². The first kappa shape index (κ1) is 16.1. The Morgan fingerprint density at radius 2 is 1.96 bits per heavy atom. The van der Waals surface area contributed by atoms with Gasteiger partial charge in [0.15, 0.2) is 11.6 Å². The van der Waals surface area contributed by atoms with E-state index in [1.165, 1.54) is 19.5 Å². The Hall–Kier alpha value is -3.42. The highest BCUT2D eigenvalue weighted by atomic mass is 19.1. The number of imidazole rings is 1. The molecule has 0 aliphatic carbocycles. The fourth-order valence-corrected chi connectivity index (χ4v) is 2.94. The number of hydrogen-bond acceptors (Lipinski definition) is 5. The van der Waals surface area contributed by atoms with Crippen molar-refractivity contribution in [3.8, 4) is 5.75 Å². The summed E-state index contributed by atoms with van der Waals surface area (Å²) < 4.78 is 18.9. The van der Waals surface area contributed by atoms with Gasteiger partial charge in [-0.25, -0.2) is 19.2 Å². The fourth-order valence-electron chi connectivity index (χ4n) is 2.94. The summed E-state index contributed by atoms with van der Waals surface area (Å²) in [6.45, 7) is 1.97. The van der Waals surface area contributed by atoms with Crippen molar-refractivity contribution in [1.29, 1.82) is 0 Å². The summed E-state index contributed by atoms with van der Waals surface area (Å²) in [6.07, 6.45) is 1.39. The van der Waals surface area contributed by atoms with E-state index in [0.717, 1.165) is 16.6 Å². The number of hydrogen-bond donors (Lipinski definition) is 3. The molecule has 2 aromatic carbocycles. The molecule has 0 spiro atoms. The molecule has 4 aromatic rings. The molecule has 26 heavy (non-hydrogen) atoms. The van der Waals surface area contributed by atoms with Gasteiger partial charge >= 0.3 is 5.69 Å². The molecule has 1 unspecified atom stereocenters. The summed E-state index contributed by atoms with van der Waals surface area (Å²) in [6, 6.07) is 8.46. The minimum Gasteiger partial charge on any atom is -0.494 e. The van der Waals surface area contributed by atoms with Crippen LogP contribution in [0.3, 0.4) is 0 Å². The maximum absolute atomic E-state index is 13.9. The number of aromatic amines is 2. The Morgan fingerprint density at radius 1 is 1.15 bits per heavy atom. The van der Waals surface area contributed by atoms with Crippen molar-refractivity contribution in [2.45, 2.75) is 13.0 Å². The van der Waals surface area contributed by atoms with Crippen LogP contribution in [0.2, 0.25) is 0 Å². The van der Waals surface area contributed by atoms with Gasteiger partial charge in [0, 0.05) is 11.5 Å². The van der Waals surface area contributed by atoms with Crippen LogP contribution in [0.25, 0.3) is 21.9 Å². The van der Waals surface area contributed by atoms with Gasteiger partial charge in [-0.2, -0.15) is 0 Å². The highest BCUT2D eigenvalue weighted by Gasteiger charge is 2.13. The van der Waals surface area contributed by atoms with Gasteiger partial charge in [-0.05, 0) is 30.7 Å². The summed E-state index contributed by atoms with van der Waals surface area (Å²) in [5.41, 5.74) is 2.69. The van der Waals surface area contributed by atoms with Gasteiger partial charge in [-0.15, -0.1) is 0 Å². The standard InChI is InChI=1S/C18H16FN5O2/c1-9(10-3-4-13-15(5-10)24-18(25)23-13)22-17-11-6-16(26-2)12(19)7-14(11)20-8-21-17/h3-9H,1-2H3,(H,20,21,22)(H2,23,24,25). The molecule has 0 saturated carbocycles. The lowest BCUT2D eigenvalue weighted by atomic mass is 10.1. The predicted octanol–water partition coefficient (Wildman–Crippen LogP) is 3.12. The van der Waals surface area contributed by atoms with E-state index >= 15 is 0 Å². The minimum atomic E-state index is -0.473. The molecule has 2 heterocycles. The van der Waals surface area contributed by atoms with Crippen LogP contribution in [0, 0.1) is 5.82 Å². The van der Waals surface area contributed by atoms with Gasteiger partial charge in [0.05, 0.1) is 29.7 Å². The lowest BCUT2D eigenvalue weighted by Gasteiger charge is -2.16. The van der Waals surface area contributed by atoms with Crippen molar-refractivity contribution in [3.63, 3.8) is 0 Å². The van der Waals surface area contributed by atoms with Gasteiger partial charge < -0.3 is 20.0 Å². The second kappa shape index (κ2) is 6.14. The summed E-state index contributed by atoms with van der Waals surface area (Å²) in [4.78, 5) is 25.3. The third-order valence-electron chi connectivity index (χ3n) is 4.30. The van der Waals surface area contributed by atoms with E-state index in [4.69, 9.17) is 4.74 Å². The molecule has 0 radical (unpaired) electrons. The highest BCUT2D eigenvalue weighted by Crippen LogP contribution is 2.29. The molecule has 4 rings (SSSR count). The normalized spacial score (nSPS) is 12.4. The molecule has 0 amide bonds. The molecule has 2 aromatic heterocycles. The number of H-pyrrole nitrogens is 2. The Bertz CT molecular complexity index is 1170. The van der Waals surface area contributed by atoms with Crippen LogP contribution >= 0.6 is 0 Å². The summed E-state index contributed by atoms with van der Waals surface area (Å²) in [7, 11) is 1.41. The second-order valence-electron chi connectivity index (χ2n) is 5.98. The Morgan fingerprint density at radius 3 is 2.77 bits per heavy atom. The van der Waals surface area contributed by atoms with E-state index in [-0.39, 0.29) is 17.5 Å². The number of benzene rings is 2. The Kier molecular flexibility index (Phi) is 3.80. The average molecular weight is 353 g/mol. The quantitative estimate of drug-likeness (QED) is 0.524. The monoisotopic (exact) mass is 353 g/mol. The molecule has 8 heteroatoms. The SMILES string of the molecule is COc1cc2c(NC(C)c3ccc4[nH]c(=O)[nH]c4c3)ncnc2cc1F. The molecule has 0 aliphatic heterocycles. The number of rotatable bonds is 4. The van der Waals surface area contributed by atoms with E-state index in [0.29, 0.717) is 16.7 Å². The van der Waals surface area contributed by atoms with Crippen molar-refractivity contribution in [2.24, 2.45) is 0 Å². The van der Waals surface area contributed by atoms with Gasteiger partial charge in [0.1, 0.15) is 12.1 Å². The number of nitrogens with one attached hydrogen (secondary N) is 3. The predicted molar refractivity (Wildman–Crippen MR) is 97.0 cm³/mol. The van der Waals surface area contributed by atoms with Gasteiger partial charge in [-0.3, -0.25) is 0 Å². The number of ether oxygens (including phenoxy) is 1. The molecular formula is C18H16FN5O2. The van der Waals surface area contributed by atoms with E-state index in [1.807, 2.05) is 25.1 Å². The zero-order valence-corrected chi connectivity index (χ0v) is 14.1. The van der Waals surface area contributed by atoms with Crippen LogP contribution in [-0.2, 0) is 0 Å². The van der Waals surface area contributed by atoms with Crippen LogP contribution < -0.4 is 15.7 Å². The molecule has 1 atom stereocenters. The first-order valence-corrected chi connectivity index (χ1v) is 8.02. The van der Waals surface area contributed by atoms with Crippen molar-refractivity contribution in [3.05, 3.63) is 58.5 Å². The first-order valence-electron chi connectivity index (χ1n) is 8.02. The van der Waals surface area contributed by atoms with E-state index in [9.17, 15) is 9.18 Å². The Balaban J connectivity index is 1.72. The number of fused-ring (bicyclic) bond motifs is 2. The number of methoxy groups -OCH3 is 1. The van der Waals surface area contributed by atoms with Crippen LogP contribution in [-0.4, -0.2) is 27.0 Å². The van der Waals surface area contributed by atoms with Crippen LogP contribution in [0.4, 0.5) is 10.2 Å². The van der Waals surface area contributed by atoms with E-state index in [2.05, 4.69) is 25.3 Å². The lowest BCUT2D eigenvalue weighted by Crippen LogP contribution is -2.09. The molecule has 0 bridgehead atoms. The van der Waals surface area contributed by atoms with Crippen LogP contribution in [0.5, 0.6) is 5.75 Å². The van der Waals surface area contributed by atoms with Crippen LogP contribution in [0.15, 0.2) is 41.5 Å². The van der Waals surface area contributed by atoms with Gasteiger partial charge in [-0.1, -0.05) is 6.07 Å². The van der Waals surface area contributed by atoms with Crippen molar-refractivity contribution < 1.29 is 9.13 Å². The molecule has 0 saturated heterocycles. The summed E-state index contributed by atoms with van der Waals surface area (Å²) >= 11 is 0. The average Bonchev–Trinajstić information content (AvgIpc) is 3.00. The van der Waals surface area contributed by atoms with Crippen molar-refractivity contribution in [2.75, 3.05) is 12.4 Å². The summed E-state index contributed by atoms with van der Waals surface area (Å²) in [5.74, 6) is 0.234.